The van der Waals surface area contributed by atoms with Gasteiger partial charge >= 0.3 is 0 Å². The fraction of sp³-hybridized carbons (Fsp3) is 0.300. The number of hydrogen-bond acceptors (Lipinski definition) is 2. The maximum absolute atomic E-state index is 14.3. The molecular weight excluding hydrogens is 318 g/mol. The van der Waals surface area contributed by atoms with Crippen LogP contribution in [0.15, 0.2) is 48.7 Å². The summed E-state index contributed by atoms with van der Waals surface area (Å²) in [6.07, 6.45) is 1.75. The number of halogens is 1. The summed E-state index contributed by atoms with van der Waals surface area (Å²) in [4.78, 5) is 9.18. The summed E-state index contributed by atoms with van der Waals surface area (Å²) < 4.78 is 14.3. The van der Waals surface area contributed by atoms with Crippen molar-refractivity contribution in [3.63, 3.8) is 0 Å². The third-order valence-electron chi connectivity index (χ3n) is 4.10. The van der Waals surface area contributed by atoms with Gasteiger partial charge in [-0.2, -0.15) is 0 Å². The Labute approximate surface area is 143 Å². The second kappa shape index (κ2) is 6.94. The second-order valence-corrected chi connectivity index (χ2v) is 9.83. The van der Waals surface area contributed by atoms with E-state index in [1.54, 1.807) is 12.3 Å². The lowest BCUT2D eigenvalue weighted by Gasteiger charge is -2.27. The molecule has 0 saturated heterocycles. The quantitative estimate of drug-likeness (QED) is 0.598. The smallest absolute Gasteiger partial charge is 0.132 e. The van der Waals surface area contributed by atoms with Crippen LogP contribution in [-0.4, -0.2) is 21.3 Å². The van der Waals surface area contributed by atoms with E-state index in [1.165, 1.54) is 5.30 Å². The molecule has 0 aliphatic heterocycles. The molecule has 0 saturated carbocycles. The topological polar surface area (TPSA) is 25.8 Å². The number of benzene rings is 1. The molecule has 0 atom stereocenters. The highest BCUT2D eigenvalue weighted by Gasteiger charge is 2.23. The number of rotatable bonds is 4. The van der Waals surface area contributed by atoms with Crippen molar-refractivity contribution in [3.05, 3.63) is 54.5 Å². The number of pyridine rings is 2. The zero-order chi connectivity index (χ0) is 17.3. The van der Waals surface area contributed by atoms with Crippen molar-refractivity contribution >= 4 is 24.1 Å². The van der Waals surface area contributed by atoms with Gasteiger partial charge in [0.1, 0.15) is 5.82 Å². The Hall–Kier alpha value is -1.86. The summed E-state index contributed by atoms with van der Waals surface area (Å²) in [7, 11) is -0.417. The van der Waals surface area contributed by atoms with E-state index in [0.29, 0.717) is 16.7 Å². The lowest BCUT2D eigenvalue weighted by atomic mass is 10.1. The Morgan fingerprint density at radius 2 is 1.62 bits per heavy atom. The van der Waals surface area contributed by atoms with E-state index in [-0.39, 0.29) is 5.82 Å². The number of fused-ring (bicyclic) bond motifs is 1. The van der Waals surface area contributed by atoms with Gasteiger partial charge in [-0.25, -0.2) is 9.37 Å². The van der Waals surface area contributed by atoms with Crippen LogP contribution in [0.25, 0.3) is 22.3 Å². The minimum atomic E-state index is -0.417. The maximum atomic E-state index is 14.3. The SMILES string of the molecule is CC(C)P(c1ccc(F)c2ccc(-c3ccccn3)nc12)C(C)C. The van der Waals surface area contributed by atoms with Gasteiger partial charge in [0.15, 0.2) is 0 Å². The van der Waals surface area contributed by atoms with Crippen LogP contribution in [0.2, 0.25) is 0 Å². The predicted octanol–water partition coefficient (Wildman–Crippen LogP) is 5.36. The molecule has 0 amide bonds. The van der Waals surface area contributed by atoms with Crippen molar-refractivity contribution in [3.8, 4) is 11.4 Å². The van der Waals surface area contributed by atoms with Crippen molar-refractivity contribution in [2.24, 2.45) is 0 Å². The average Bonchev–Trinajstić information content (AvgIpc) is 2.57. The zero-order valence-electron chi connectivity index (χ0n) is 14.5. The van der Waals surface area contributed by atoms with E-state index in [0.717, 1.165) is 16.9 Å². The molecule has 3 aromatic rings. The fourth-order valence-electron chi connectivity index (χ4n) is 3.19. The minimum absolute atomic E-state index is 0.212. The van der Waals surface area contributed by atoms with Crippen LogP contribution in [0, 0.1) is 5.82 Å². The summed E-state index contributed by atoms with van der Waals surface area (Å²) in [6, 6.07) is 12.9. The van der Waals surface area contributed by atoms with Gasteiger partial charge in [-0.1, -0.05) is 41.7 Å². The predicted molar refractivity (Wildman–Crippen MR) is 102 cm³/mol. The first-order valence-corrected chi connectivity index (χ1v) is 9.76. The molecule has 3 rings (SSSR count). The summed E-state index contributed by atoms with van der Waals surface area (Å²) >= 11 is 0. The normalized spacial score (nSPS) is 11.8. The van der Waals surface area contributed by atoms with Crippen LogP contribution in [-0.2, 0) is 0 Å². The van der Waals surface area contributed by atoms with Gasteiger partial charge in [0.05, 0.1) is 16.9 Å². The Balaban J connectivity index is 2.25. The van der Waals surface area contributed by atoms with Crippen LogP contribution < -0.4 is 5.30 Å². The molecule has 24 heavy (non-hydrogen) atoms. The third kappa shape index (κ3) is 3.18. The van der Waals surface area contributed by atoms with Crippen molar-refractivity contribution in [2.45, 2.75) is 39.0 Å². The molecule has 0 unspecified atom stereocenters. The number of aromatic nitrogens is 2. The Morgan fingerprint density at radius 1 is 0.875 bits per heavy atom. The maximum Gasteiger partial charge on any atom is 0.132 e. The molecule has 0 N–H and O–H groups in total. The molecule has 2 nitrogen and oxygen atoms in total. The van der Waals surface area contributed by atoms with Crippen LogP contribution in [0.4, 0.5) is 4.39 Å². The highest BCUT2D eigenvalue weighted by Crippen LogP contribution is 2.46. The first kappa shape index (κ1) is 17.0. The van der Waals surface area contributed by atoms with Crippen molar-refractivity contribution in [1.82, 2.24) is 9.97 Å². The van der Waals surface area contributed by atoms with Gasteiger partial charge in [0, 0.05) is 16.9 Å². The molecular formula is C20H22FN2P. The van der Waals surface area contributed by atoms with Gasteiger partial charge in [0.25, 0.3) is 0 Å². The summed E-state index contributed by atoms with van der Waals surface area (Å²) in [5.41, 5.74) is 3.43. The summed E-state index contributed by atoms with van der Waals surface area (Å²) in [5, 5.41) is 1.78. The van der Waals surface area contributed by atoms with Crippen molar-refractivity contribution < 1.29 is 4.39 Å². The zero-order valence-corrected chi connectivity index (χ0v) is 15.4. The molecule has 0 bridgehead atoms. The number of hydrogen-bond donors (Lipinski definition) is 0. The summed E-state index contributed by atoms with van der Waals surface area (Å²) in [5.74, 6) is -0.212. The van der Waals surface area contributed by atoms with Gasteiger partial charge in [0.2, 0.25) is 0 Å². The van der Waals surface area contributed by atoms with Crippen molar-refractivity contribution in [1.29, 1.82) is 0 Å². The molecule has 124 valence electrons. The first-order valence-electron chi connectivity index (χ1n) is 8.28. The molecule has 2 heterocycles. The van der Waals surface area contributed by atoms with E-state index in [2.05, 4.69) is 32.7 Å². The van der Waals surface area contributed by atoms with Crippen LogP contribution in [0.1, 0.15) is 27.7 Å². The molecule has 0 radical (unpaired) electrons. The highest BCUT2D eigenvalue weighted by molar-refractivity contribution is 7.67. The van der Waals surface area contributed by atoms with Crippen molar-refractivity contribution in [2.75, 3.05) is 0 Å². The van der Waals surface area contributed by atoms with Gasteiger partial charge in [-0.05, 0) is 47.7 Å². The average molecular weight is 340 g/mol. The molecule has 0 spiro atoms. The van der Waals surface area contributed by atoms with E-state index in [4.69, 9.17) is 4.98 Å². The molecule has 2 aromatic heterocycles. The van der Waals surface area contributed by atoms with E-state index in [1.807, 2.05) is 36.4 Å². The minimum Gasteiger partial charge on any atom is -0.255 e. The molecule has 1 aromatic carbocycles. The first-order chi connectivity index (χ1) is 11.5. The van der Waals surface area contributed by atoms with E-state index in [9.17, 15) is 4.39 Å². The lowest BCUT2D eigenvalue weighted by molar-refractivity contribution is 0.640. The van der Waals surface area contributed by atoms with Crippen LogP contribution >= 0.6 is 7.92 Å². The monoisotopic (exact) mass is 340 g/mol. The lowest BCUT2D eigenvalue weighted by Crippen LogP contribution is -2.17. The van der Waals surface area contributed by atoms with Crippen LogP contribution in [0.3, 0.4) is 0 Å². The van der Waals surface area contributed by atoms with Gasteiger partial charge in [-0.3, -0.25) is 4.98 Å². The number of nitrogens with zero attached hydrogens (tertiary/aromatic N) is 2. The van der Waals surface area contributed by atoms with Gasteiger partial charge < -0.3 is 0 Å². The van der Waals surface area contributed by atoms with Crippen LogP contribution in [0.5, 0.6) is 0 Å². The third-order valence-corrected chi connectivity index (χ3v) is 7.24. The highest BCUT2D eigenvalue weighted by atomic mass is 31.1. The fourth-order valence-corrected chi connectivity index (χ4v) is 6.15. The van der Waals surface area contributed by atoms with Gasteiger partial charge in [-0.15, -0.1) is 0 Å². The Kier molecular flexibility index (Phi) is 4.91. The molecule has 0 aliphatic rings. The van der Waals surface area contributed by atoms with E-state index < -0.39 is 7.92 Å². The molecule has 4 heteroatoms. The molecule has 0 fully saturated rings. The molecule has 0 aliphatic carbocycles. The largest absolute Gasteiger partial charge is 0.255 e. The van der Waals surface area contributed by atoms with E-state index >= 15 is 0 Å². The second-order valence-electron chi connectivity index (χ2n) is 6.47. The standard InChI is InChI=1S/C20H22FN2P/c1-13(2)24(14(3)4)19-11-9-16(21)15-8-10-18(23-20(15)19)17-7-5-6-12-22-17/h5-14H,1-4H3. The Morgan fingerprint density at radius 3 is 2.25 bits per heavy atom. The summed E-state index contributed by atoms with van der Waals surface area (Å²) in [6.45, 7) is 8.96. The Bertz CT molecular complexity index is 839.